The number of rotatable bonds is 3. The summed E-state index contributed by atoms with van der Waals surface area (Å²) in [6.07, 6.45) is 0.596. The number of nitrogens with zero attached hydrogens (tertiary/aromatic N) is 1. The monoisotopic (exact) mass is 156 g/mol. The first-order valence-electron chi connectivity index (χ1n) is 3.29. The number of hydrogen-bond donors (Lipinski definition) is 1. The second-order valence-corrected chi connectivity index (χ2v) is 2.57. The van der Waals surface area contributed by atoms with E-state index in [0.717, 1.165) is 0 Å². The van der Waals surface area contributed by atoms with Crippen molar-refractivity contribution in [2.45, 2.75) is 25.3 Å². The molecule has 0 heterocycles. The topological polar surface area (TPSA) is 76.1 Å². The summed E-state index contributed by atoms with van der Waals surface area (Å²) in [5.74, 6) is -0.479. The quantitative estimate of drug-likeness (QED) is 0.591. The predicted octanol–water partition coefficient (Wildman–Crippen LogP) is 0.181. The van der Waals surface area contributed by atoms with Crippen molar-refractivity contribution in [3.8, 4) is 6.07 Å². The fourth-order valence-corrected chi connectivity index (χ4v) is 0.651. The molecule has 4 heteroatoms. The smallest absolute Gasteiger partial charge is 0.325 e. The molecule has 1 atom stereocenters. The van der Waals surface area contributed by atoms with Gasteiger partial charge in [0, 0.05) is 6.42 Å². The zero-order valence-electron chi connectivity index (χ0n) is 6.76. The molecule has 0 saturated carbocycles. The Balaban J connectivity index is 4.01. The van der Waals surface area contributed by atoms with E-state index in [1.807, 2.05) is 6.07 Å². The Bertz CT molecular complexity index is 181. The van der Waals surface area contributed by atoms with Gasteiger partial charge in [-0.2, -0.15) is 5.26 Å². The highest BCUT2D eigenvalue weighted by atomic mass is 16.5. The van der Waals surface area contributed by atoms with E-state index in [1.165, 1.54) is 7.11 Å². The molecular formula is C7H12N2O2. The maximum absolute atomic E-state index is 10.9. The van der Waals surface area contributed by atoms with Crippen molar-refractivity contribution in [2.24, 2.45) is 5.73 Å². The van der Waals surface area contributed by atoms with E-state index in [4.69, 9.17) is 11.0 Å². The first-order chi connectivity index (χ1) is 5.04. The Morgan fingerprint density at radius 1 is 1.82 bits per heavy atom. The normalized spacial score (nSPS) is 14.7. The van der Waals surface area contributed by atoms with Crippen molar-refractivity contribution in [1.82, 2.24) is 0 Å². The van der Waals surface area contributed by atoms with Crippen LogP contribution in [-0.4, -0.2) is 18.6 Å². The maximum Gasteiger partial charge on any atom is 0.325 e. The molecule has 0 unspecified atom stereocenters. The Labute approximate surface area is 65.9 Å². The number of hydrogen-bond acceptors (Lipinski definition) is 4. The summed E-state index contributed by atoms with van der Waals surface area (Å²) in [6, 6.07) is 1.91. The molecule has 0 radical (unpaired) electrons. The second-order valence-electron chi connectivity index (χ2n) is 2.57. The molecule has 0 aliphatic rings. The van der Waals surface area contributed by atoms with Gasteiger partial charge in [-0.15, -0.1) is 0 Å². The van der Waals surface area contributed by atoms with Gasteiger partial charge in [0.15, 0.2) is 0 Å². The van der Waals surface area contributed by atoms with Gasteiger partial charge in [0.25, 0.3) is 0 Å². The van der Waals surface area contributed by atoms with Gasteiger partial charge in [-0.05, 0) is 13.3 Å². The van der Waals surface area contributed by atoms with Crippen molar-refractivity contribution in [1.29, 1.82) is 5.26 Å². The Kier molecular flexibility index (Phi) is 3.55. The molecule has 0 spiro atoms. The minimum atomic E-state index is -1.02. The summed E-state index contributed by atoms with van der Waals surface area (Å²) in [5, 5.41) is 8.23. The minimum absolute atomic E-state index is 0.266. The van der Waals surface area contributed by atoms with Gasteiger partial charge < -0.3 is 10.5 Å². The predicted molar refractivity (Wildman–Crippen MR) is 39.5 cm³/mol. The van der Waals surface area contributed by atoms with Crippen LogP contribution in [0.5, 0.6) is 0 Å². The van der Waals surface area contributed by atoms with E-state index >= 15 is 0 Å². The number of nitriles is 1. The third-order valence-electron chi connectivity index (χ3n) is 1.41. The van der Waals surface area contributed by atoms with Gasteiger partial charge in [0.2, 0.25) is 0 Å². The van der Waals surface area contributed by atoms with Gasteiger partial charge in [0.1, 0.15) is 5.54 Å². The molecule has 0 saturated heterocycles. The zero-order chi connectivity index (χ0) is 8.91. The number of methoxy groups -OCH3 is 1. The lowest BCUT2D eigenvalue weighted by molar-refractivity contribution is -0.146. The molecule has 4 nitrogen and oxygen atoms in total. The Morgan fingerprint density at radius 3 is 2.73 bits per heavy atom. The lowest BCUT2D eigenvalue weighted by Gasteiger charge is -2.19. The molecule has 0 aliphatic carbocycles. The molecular weight excluding hydrogens is 144 g/mol. The first kappa shape index (κ1) is 9.92. The molecule has 2 N–H and O–H groups in total. The standard InChI is InChI=1S/C7H12N2O2/c1-7(9,4-3-5-8)6(10)11-2/h3-4,9H2,1-2H3/t7-/m1/s1. The average molecular weight is 156 g/mol. The summed E-state index contributed by atoms with van der Waals surface area (Å²) in [6.45, 7) is 1.55. The number of carbonyl (C=O) groups is 1. The molecule has 0 fully saturated rings. The highest BCUT2D eigenvalue weighted by Crippen LogP contribution is 2.09. The summed E-state index contributed by atoms with van der Waals surface area (Å²) >= 11 is 0. The van der Waals surface area contributed by atoms with Crippen molar-refractivity contribution < 1.29 is 9.53 Å². The van der Waals surface area contributed by atoms with E-state index in [2.05, 4.69) is 4.74 Å². The van der Waals surface area contributed by atoms with Crippen molar-refractivity contribution in [3.05, 3.63) is 0 Å². The largest absolute Gasteiger partial charge is 0.468 e. The highest BCUT2D eigenvalue weighted by molar-refractivity contribution is 5.79. The number of carbonyl (C=O) groups excluding carboxylic acids is 1. The molecule has 11 heavy (non-hydrogen) atoms. The van der Waals surface area contributed by atoms with Crippen LogP contribution < -0.4 is 5.73 Å². The lowest BCUT2D eigenvalue weighted by atomic mass is 9.98. The van der Waals surface area contributed by atoms with Crippen LogP contribution in [0.3, 0.4) is 0 Å². The maximum atomic E-state index is 10.9. The average Bonchev–Trinajstić information content (AvgIpc) is 1.99. The second kappa shape index (κ2) is 3.94. The summed E-state index contributed by atoms with van der Waals surface area (Å²) in [7, 11) is 1.28. The van der Waals surface area contributed by atoms with Crippen LogP contribution in [0.2, 0.25) is 0 Å². The van der Waals surface area contributed by atoms with Gasteiger partial charge in [-0.1, -0.05) is 0 Å². The summed E-state index contributed by atoms with van der Waals surface area (Å²) < 4.78 is 4.44. The van der Waals surface area contributed by atoms with Crippen LogP contribution in [0.4, 0.5) is 0 Å². The summed E-state index contributed by atoms with van der Waals surface area (Å²) in [4.78, 5) is 10.9. The Hall–Kier alpha value is -1.08. The van der Waals surface area contributed by atoms with Crippen LogP contribution in [-0.2, 0) is 9.53 Å². The fourth-order valence-electron chi connectivity index (χ4n) is 0.651. The SMILES string of the molecule is COC(=O)[C@](C)(N)CCC#N. The van der Waals surface area contributed by atoms with Crippen LogP contribution in [0.25, 0.3) is 0 Å². The molecule has 0 aromatic carbocycles. The van der Waals surface area contributed by atoms with Crippen LogP contribution in [0, 0.1) is 11.3 Å². The number of esters is 1. The van der Waals surface area contributed by atoms with Crippen molar-refractivity contribution in [2.75, 3.05) is 7.11 Å². The molecule has 0 bridgehead atoms. The van der Waals surface area contributed by atoms with Gasteiger partial charge >= 0.3 is 5.97 Å². The lowest BCUT2D eigenvalue weighted by Crippen LogP contribution is -2.45. The van der Waals surface area contributed by atoms with E-state index in [0.29, 0.717) is 6.42 Å². The van der Waals surface area contributed by atoms with Crippen LogP contribution in [0.15, 0.2) is 0 Å². The molecule has 0 aromatic heterocycles. The van der Waals surface area contributed by atoms with Gasteiger partial charge in [-0.25, -0.2) is 0 Å². The third-order valence-corrected chi connectivity index (χ3v) is 1.41. The molecule has 0 rings (SSSR count). The van der Waals surface area contributed by atoms with Crippen LogP contribution in [0.1, 0.15) is 19.8 Å². The van der Waals surface area contributed by atoms with Crippen molar-refractivity contribution >= 4 is 5.97 Å². The molecule has 0 amide bonds. The molecule has 0 aliphatic heterocycles. The van der Waals surface area contributed by atoms with E-state index in [-0.39, 0.29) is 6.42 Å². The van der Waals surface area contributed by atoms with E-state index in [1.54, 1.807) is 6.92 Å². The fraction of sp³-hybridized carbons (Fsp3) is 0.714. The minimum Gasteiger partial charge on any atom is -0.468 e. The zero-order valence-corrected chi connectivity index (χ0v) is 6.76. The van der Waals surface area contributed by atoms with E-state index in [9.17, 15) is 4.79 Å². The number of nitrogens with two attached hydrogens (primary N) is 1. The molecule has 62 valence electrons. The highest BCUT2D eigenvalue weighted by Gasteiger charge is 2.28. The van der Waals surface area contributed by atoms with Gasteiger partial charge in [0.05, 0.1) is 13.2 Å². The van der Waals surface area contributed by atoms with Gasteiger partial charge in [-0.3, -0.25) is 4.79 Å². The van der Waals surface area contributed by atoms with Crippen LogP contribution >= 0.6 is 0 Å². The van der Waals surface area contributed by atoms with Crippen molar-refractivity contribution in [3.63, 3.8) is 0 Å². The first-order valence-corrected chi connectivity index (χ1v) is 3.29. The van der Waals surface area contributed by atoms with E-state index < -0.39 is 11.5 Å². The number of ether oxygens (including phenoxy) is 1. The summed E-state index contributed by atoms with van der Waals surface area (Å²) in [5.41, 5.74) is 4.51. The Morgan fingerprint density at radius 2 is 2.36 bits per heavy atom. The third kappa shape index (κ3) is 3.01. The molecule has 0 aromatic rings.